The van der Waals surface area contributed by atoms with Crippen LogP contribution < -0.4 is 5.73 Å². The molecule has 1 atom stereocenters. The molecule has 1 aromatic rings. The highest BCUT2D eigenvalue weighted by Gasteiger charge is 2.32. The fourth-order valence-electron chi connectivity index (χ4n) is 1.53. The molecule has 0 bridgehead atoms. The predicted octanol–water partition coefficient (Wildman–Crippen LogP) is 0.417. The van der Waals surface area contributed by atoms with Crippen LogP contribution in [0.1, 0.15) is 29.9 Å². The van der Waals surface area contributed by atoms with Gasteiger partial charge in [-0.3, -0.25) is 4.68 Å². The van der Waals surface area contributed by atoms with Crippen molar-refractivity contribution in [2.75, 3.05) is 20.3 Å². The van der Waals surface area contributed by atoms with Gasteiger partial charge in [-0.1, -0.05) is 0 Å². The summed E-state index contributed by atoms with van der Waals surface area (Å²) in [5.41, 5.74) is 5.84. The highest BCUT2D eigenvalue weighted by Crippen LogP contribution is 2.26. The highest BCUT2D eigenvalue weighted by atomic mass is 16.5. The third-order valence-electron chi connectivity index (χ3n) is 2.71. The van der Waals surface area contributed by atoms with Gasteiger partial charge in [0, 0.05) is 32.5 Å². The minimum atomic E-state index is -0.740. The number of rotatable bonds is 5. The van der Waals surface area contributed by atoms with E-state index < -0.39 is 11.6 Å². The summed E-state index contributed by atoms with van der Waals surface area (Å²) in [5, 5.41) is 4.10. The summed E-state index contributed by atoms with van der Waals surface area (Å²) < 4.78 is 11.9. The Morgan fingerprint density at radius 3 is 2.76 bits per heavy atom. The number of carbonyl (C=O) groups excluding carboxylic acids is 1. The molecule has 0 spiro atoms. The second-order valence-corrected chi connectivity index (χ2v) is 3.92. The molecule has 96 valence electrons. The highest BCUT2D eigenvalue weighted by molar-refractivity contribution is 5.89. The first-order chi connectivity index (χ1) is 7.98. The fourth-order valence-corrected chi connectivity index (χ4v) is 1.53. The van der Waals surface area contributed by atoms with Crippen LogP contribution in [-0.2, 0) is 22.1 Å². The molecular weight excluding hydrogens is 222 g/mol. The second-order valence-electron chi connectivity index (χ2n) is 3.92. The van der Waals surface area contributed by atoms with Crippen molar-refractivity contribution in [3.8, 4) is 0 Å². The first-order valence-corrected chi connectivity index (χ1v) is 5.45. The number of ether oxygens (including phenoxy) is 2. The maximum atomic E-state index is 11.8. The molecule has 1 rings (SSSR count). The van der Waals surface area contributed by atoms with E-state index in [1.165, 1.54) is 0 Å². The van der Waals surface area contributed by atoms with Crippen molar-refractivity contribution < 1.29 is 14.3 Å². The molecule has 6 heteroatoms. The van der Waals surface area contributed by atoms with Crippen molar-refractivity contribution in [1.29, 1.82) is 0 Å². The zero-order valence-corrected chi connectivity index (χ0v) is 10.7. The van der Waals surface area contributed by atoms with Gasteiger partial charge in [-0.15, -0.1) is 0 Å². The molecule has 0 fully saturated rings. The summed E-state index contributed by atoms with van der Waals surface area (Å²) in [5.74, 6) is -0.458. The van der Waals surface area contributed by atoms with Crippen molar-refractivity contribution in [2.45, 2.75) is 19.4 Å². The van der Waals surface area contributed by atoms with Crippen molar-refractivity contribution in [3.05, 3.63) is 17.5 Å². The van der Waals surface area contributed by atoms with Gasteiger partial charge in [0.05, 0.1) is 6.61 Å². The smallest absolute Gasteiger partial charge is 0.359 e. The number of hydrogen-bond acceptors (Lipinski definition) is 5. The summed E-state index contributed by atoms with van der Waals surface area (Å²) in [7, 11) is 3.29. The summed E-state index contributed by atoms with van der Waals surface area (Å²) >= 11 is 0. The molecule has 17 heavy (non-hydrogen) atoms. The Labute approximate surface area is 101 Å². The first-order valence-electron chi connectivity index (χ1n) is 5.45. The van der Waals surface area contributed by atoms with Crippen LogP contribution in [0.25, 0.3) is 0 Å². The molecule has 0 aromatic carbocycles. The minimum Gasteiger partial charge on any atom is -0.461 e. The lowest BCUT2D eigenvalue weighted by Gasteiger charge is -2.25. The Morgan fingerprint density at radius 1 is 1.65 bits per heavy atom. The fraction of sp³-hybridized carbons (Fsp3) is 0.636. The van der Waals surface area contributed by atoms with Crippen LogP contribution in [0.5, 0.6) is 0 Å². The van der Waals surface area contributed by atoms with Crippen molar-refractivity contribution in [3.63, 3.8) is 0 Å². The largest absolute Gasteiger partial charge is 0.461 e. The van der Waals surface area contributed by atoms with E-state index in [0.29, 0.717) is 12.2 Å². The molecule has 0 radical (unpaired) electrons. The van der Waals surface area contributed by atoms with Crippen LogP contribution in [0.4, 0.5) is 0 Å². The number of carbonyl (C=O) groups is 1. The second kappa shape index (κ2) is 5.29. The van der Waals surface area contributed by atoms with Gasteiger partial charge in [0.15, 0.2) is 5.69 Å². The van der Waals surface area contributed by atoms with Crippen LogP contribution in [0.2, 0.25) is 0 Å². The number of aryl methyl sites for hydroxylation is 1. The maximum Gasteiger partial charge on any atom is 0.359 e. The molecule has 2 N–H and O–H groups in total. The van der Waals surface area contributed by atoms with Gasteiger partial charge in [0.1, 0.15) is 5.60 Å². The van der Waals surface area contributed by atoms with E-state index in [9.17, 15) is 4.79 Å². The maximum absolute atomic E-state index is 11.8. The average Bonchev–Trinajstić information content (AvgIpc) is 2.71. The number of nitrogens with zero attached hydrogens (tertiary/aromatic N) is 2. The Hall–Kier alpha value is -1.40. The summed E-state index contributed by atoms with van der Waals surface area (Å²) in [6.07, 6.45) is 1.72. The summed E-state index contributed by atoms with van der Waals surface area (Å²) in [6.45, 7) is 4.12. The Kier molecular flexibility index (Phi) is 4.25. The Balaban J connectivity index is 3.19. The van der Waals surface area contributed by atoms with E-state index in [2.05, 4.69) is 5.10 Å². The van der Waals surface area contributed by atoms with Gasteiger partial charge < -0.3 is 15.2 Å². The molecule has 0 aliphatic rings. The van der Waals surface area contributed by atoms with E-state index in [4.69, 9.17) is 15.2 Å². The summed E-state index contributed by atoms with van der Waals surface area (Å²) in [6, 6.07) is 0. The molecule has 0 saturated carbocycles. The van der Waals surface area contributed by atoms with Gasteiger partial charge >= 0.3 is 5.97 Å². The lowest BCUT2D eigenvalue weighted by molar-refractivity contribution is 0.00802. The standard InChI is InChI=1S/C11H19N3O3/c1-5-17-10(15)9-8(6-14(3)13-9)11(2,7-12)16-4/h6H,5,7,12H2,1-4H3. The van der Waals surface area contributed by atoms with E-state index in [1.54, 1.807) is 32.0 Å². The van der Waals surface area contributed by atoms with Crippen LogP contribution in [0, 0.1) is 0 Å². The number of methoxy groups -OCH3 is 1. The molecule has 0 saturated heterocycles. The van der Waals surface area contributed by atoms with E-state index >= 15 is 0 Å². The van der Waals surface area contributed by atoms with Crippen LogP contribution in [0.15, 0.2) is 6.20 Å². The molecule has 1 heterocycles. The predicted molar refractivity (Wildman–Crippen MR) is 62.6 cm³/mol. The van der Waals surface area contributed by atoms with E-state index in [-0.39, 0.29) is 12.2 Å². The van der Waals surface area contributed by atoms with Gasteiger partial charge in [-0.25, -0.2) is 4.79 Å². The third kappa shape index (κ3) is 2.65. The van der Waals surface area contributed by atoms with Gasteiger partial charge in [0.25, 0.3) is 0 Å². The Bertz CT molecular complexity index is 397. The Morgan fingerprint density at radius 2 is 2.29 bits per heavy atom. The number of aromatic nitrogens is 2. The molecule has 0 aliphatic heterocycles. The van der Waals surface area contributed by atoms with Gasteiger partial charge in [-0.2, -0.15) is 5.10 Å². The lowest BCUT2D eigenvalue weighted by atomic mass is 9.96. The zero-order chi connectivity index (χ0) is 13.1. The molecular formula is C11H19N3O3. The van der Waals surface area contributed by atoms with E-state index in [0.717, 1.165) is 0 Å². The SMILES string of the molecule is CCOC(=O)c1nn(C)cc1C(C)(CN)OC. The van der Waals surface area contributed by atoms with Crippen molar-refractivity contribution in [1.82, 2.24) is 9.78 Å². The van der Waals surface area contributed by atoms with Gasteiger partial charge in [0.2, 0.25) is 0 Å². The number of esters is 1. The molecule has 0 amide bonds. The molecule has 6 nitrogen and oxygen atoms in total. The third-order valence-corrected chi connectivity index (χ3v) is 2.71. The monoisotopic (exact) mass is 241 g/mol. The minimum absolute atomic E-state index is 0.252. The number of nitrogens with two attached hydrogens (primary N) is 1. The molecule has 1 aromatic heterocycles. The van der Waals surface area contributed by atoms with Crippen molar-refractivity contribution >= 4 is 5.97 Å². The lowest BCUT2D eigenvalue weighted by Crippen LogP contribution is -2.35. The van der Waals surface area contributed by atoms with Gasteiger partial charge in [-0.05, 0) is 13.8 Å². The molecule has 1 unspecified atom stereocenters. The molecule has 0 aliphatic carbocycles. The van der Waals surface area contributed by atoms with Crippen molar-refractivity contribution in [2.24, 2.45) is 12.8 Å². The average molecular weight is 241 g/mol. The quantitative estimate of drug-likeness (QED) is 0.756. The zero-order valence-electron chi connectivity index (χ0n) is 10.7. The summed E-state index contributed by atoms with van der Waals surface area (Å²) in [4.78, 5) is 11.8. The van der Waals surface area contributed by atoms with Crippen LogP contribution >= 0.6 is 0 Å². The van der Waals surface area contributed by atoms with E-state index in [1.807, 2.05) is 6.92 Å². The first kappa shape index (κ1) is 13.7. The topological polar surface area (TPSA) is 79.4 Å². The van der Waals surface area contributed by atoms with Crippen LogP contribution in [0.3, 0.4) is 0 Å². The van der Waals surface area contributed by atoms with Crippen LogP contribution in [-0.4, -0.2) is 36.0 Å². The normalized spacial score (nSPS) is 14.4. The number of hydrogen-bond donors (Lipinski definition) is 1.